The van der Waals surface area contributed by atoms with E-state index < -0.39 is 5.91 Å². The first-order valence-electron chi connectivity index (χ1n) is 10.7. The summed E-state index contributed by atoms with van der Waals surface area (Å²) in [6, 6.07) is 12.4. The van der Waals surface area contributed by atoms with Crippen LogP contribution in [0.15, 0.2) is 52.4 Å². The predicted octanol–water partition coefficient (Wildman–Crippen LogP) is 3.76. The molecule has 2 aromatic carbocycles. The van der Waals surface area contributed by atoms with Gasteiger partial charge in [0.15, 0.2) is 17.2 Å². The Balaban J connectivity index is 1.79. The molecule has 1 N–H and O–H groups in total. The van der Waals surface area contributed by atoms with E-state index in [1.165, 1.54) is 10.9 Å². The Kier molecular flexibility index (Phi) is 7.96. The van der Waals surface area contributed by atoms with Crippen LogP contribution in [0.25, 0.3) is 10.8 Å². The lowest BCUT2D eigenvalue weighted by atomic mass is 10.1. The van der Waals surface area contributed by atoms with Gasteiger partial charge in [0, 0.05) is 11.9 Å². The summed E-state index contributed by atoms with van der Waals surface area (Å²) < 4.78 is 12.4. The minimum atomic E-state index is -0.492. The van der Waals surface area contributed by atoms with E-state index in [0.717, 1.165) is 24.8 Å². The Hall–Kier alpha value is -3.68. The number of aromatic nitrogens is 2. The molecule has 0 saturated heterocycles. The first kappa shape index (κ1) is 23.0. The highest BCUT2D eigenvalue weighted by atomic mass is 16.5. The quantitative estimate of drug-likeness (QED) is 0.297. The van der Waals surface area contributed by atoms with E-state index in [9.17, 15) is 9.59 Å². The number of hydrogen-bond acceptors (Lipinski definition) is 6. The average molecular weight is 437 g/mol. The topological polar surface area (TPSA) is 94.8 Å². The van der Waals surface area contributed by atoms with Gasteiger partial charge in [0.05, 0.1) is 25.3 Å². The Morgan fingerprint density at radius 3 is 2.62 bits per heavy atom. The summed E-state index contributed by atoms with van der Waals surface area (Å²) in [5.41, 5.74) is 3.18. The molecule has 0 atom stereocenters. The van der Waals surface area contributed by atoms with Crippen LogP contribution in [0, 0.1) is 0 Å². The smallest absolute Gasteiger partial charge is 0.292 e. The lowest BCUT2D eigenvalue weighted by molar-refractivity contribution is 0.0949. The second-order valence-electron chi connectivity index (χ2n) is 7.23. The summed E-state index contributed by atoms with van der Waals surface area (Å²) in [4.78, 5) is 25.4. The van der Waals surface area contributed by atoms with Crippen molar-refractivity contribution in [3.05, 3.63) is 64.1 Å². The summed E-state index contributed by atoms with van der Waals surface area (Å²) in [5, 5.41) is 9.27. The molecule has 0 unspecified atom stereocenters. The Morgan fingerprint density at radius 2 is 1.91 bits per heavy atom. The molecule has 1 heterocycles. The summed E-state index contributed by atoms with van der Waals surface area (Å²) in [5.74, 6) is 0.764. The zero-order chi connectivity index (χ0) is 22.9. The molecule has 0 saturated carbocycles. The number of fused-ring (bicyclic) bond motifs is 1. The van der Waals surface area contributed by atoms with Crippen molar-refractivity contribution >= 4 is 22.9 Å². The molecule has 3 rings (SSSR count). The molecule has 1 amide bonds. The summed E-state index contributed by atoms with van der Waals surface area (Å²) >= 11 is 0. The van der Waals surface area contributed by atoms with Crippen molar-refractivity contribution in [2.75, 3.05) is 13.7 Å². The van der Waals surface area contributed by atoms with Crippen LogP contribution in [0.3, 0.4) is 0 Å². The number of nitrogens with zero attached hydrogens (tertiary/aromatic N) is 3. The largest absolute Gasteiger partial charge is 0.493 e. The van der Waals surface area contributed by atoms with Crippen LogP contribution >= 0.6 is 0 Å². The van der Waals surface area contributed by atoms with E-state index >= 15 is 0 Å². The van der Waals surface area contributed by atoms with Crippen LogP contribution in [-0.4, -0.2) is 35.6 Å². The zero-order valence-electron chi connectivity index (χ0n) is 18.6. The van der Waals surface area contributed by atoms with Gasteiger partial charge in [0.2, 0.25) is 0 Å². The van der Waals surface area contributed by atoms with E-state index in [-0.39, 0.29) is 11.3 Å². The number of carbonyl (C=O) groups is 1. The van der Waals surface area contributed by atoms with Crippen molar-refractivity contribution in [3.8, 4) is 11.5 Å². The summed E-state index contributed by atoms with van der Waals surface area (Å²) in [7, 11) is 1.58. The second kappa shape index (κ2) is 11.1. The van der Waals surface area contributed by atoms with E-state index in [2.05, 4.69) is 22.5 Å². The van der Waals surface area contributed by atoms with Crippen molar-refractivity contribution in [2.45, 2.75) is 39.7 Å². The Bertz CT molecular complexity index is 1170. The number of hydrogen-bond donors (Lipinski definition) is 1. The SMILES string of the molecule is CCCCOc1ccc(/C=N/NC(=O)c2nn(CCC)c(=O)c3ccccc23)cc1OC. The monoisotopic (exact) mass is 436 g/mol. The third kappa shape index (κ3) is 5.32. The van der Waals surface area contributed by atoms with Crippen molar-refractivity contribution in [2.24, 2.45) is 5.10 Å². The zero-order valence-corrected chi connectivity index (χ0v) is 18.6. The minimum Gasteiger partial charge on any atom is -0.493 e. The fourth-order valence-corrected chi connectivity index (χ4v) is 3.19. The van der Waals surface area contributed by atoms with E-state index in [0.29, 0.717) is 35.4 Å². The van der Waals surface area contributed by atoms with Crippen molar-refractivity contribution in [3.63, 3.8) is 0 Å². The molecule has 0 radical (unpaired) electrons. The van der Waals surface area contributed by atoms with Crippen LogP contribution in [-0.2, 0) is 6.54 Å². The number of aryl methyl sites for hydroxylation is 1. The van der Waals surface area contributed by atoms with Crippen LogP contribution < -0.4 is 20.5 Å². The van der Waals surface area contributed by atoms with Crippen molar-refractivity contribution in [1.82, 2.24) is 15.2 Å². The van der Waals surface area contributed by atoms with Gasteiger partial charge < -0.3 is 9.47 Å². The van der Waals surface area contributed by atoms with Gasteiger partial charge >= 0.3 is 0 Å². The van der Waals surface area contributed by atoms with Gasteiger partial charge in [0.25, 0.3) is 11.5 Å². The summed E-state index contributed by atoms with van der Waals surface area (Å²) in [6.45, 7) is 5.10. The third-order valence-corrected chi connectivity index (χ3v) is 4.84. The van der Waals surface area contributed by atoms with Gasteiger partial charge in [-0.3, -0.25) is 9.59 Å². The minimum absolute atomic E-state index is 0.156. The lowest BCUT2D eigenvalue weighted by Crippen LogP contribution is -2.29. The van der Waals surface area contributed by atoms with Gasteiger partial charge in [-0.2, -0.15) is 10.2 Å². The fourth-order valence-electron chi connectivity index (χ4n) is 3.19. The van der Waals surface area contributed by atoms with Gasteiger partial charge in [-0.25, -0.2) is 10.1 Å². The highest BCUT2D eigenvalue weighted by molar-refractivity contribution is 6.05. The summed E-state index contributed by atoms with van der Waals surface area (Å²) in [6.07, 6.45) is 4.25. The molecule has 0 aliphatic carbocycles. The van der Waals surface area contributed by atoms with Crippen LogP contribution in [0.2, 0.25) is 0 Å². The number of amides is 1. The highest BCUT2D eigenvalue weighted by Crippen LogP contribution is 2.27. The Morgan fingerprint density at radius 1 is 1.12 bits per heavy atom. The molecule has 0 aliphatic heterocycles. The van der Waals surface area contributed by atoms with E-state index in [1.54, 1.807) is 37.4 Å². The van der Waals surface area contributed by atoms with Crippen LogP contribution in [0.1, 0.15) is 49.2 Å². The van der Waals surface area contributed by atoms with Gasteiger partial charge in [-0.05, 0) is 42.7 Å². The molecule has 3 aromatic rings. The van der Waals surface area contributed by atoms with Gasteiger partial charge in [-0.1, -0.05) is 38.5 Å². The maximum atomic E-state index is 12.8. The molecule has 8 nitrogen and oxygen atoms in total. The molecule has 168 valence electrons. The number of ether oxygens (including phenoxy) is 2. The predicted molar refractivity (Wildman–Crippen MR) is 125 cm³/mol. The average Bonchev–Trinajstić information content (AvgIpc) is 2.81. The number of unbranched alkanes of at least 4 members (excludes halogenated alkanes) is 1. The van der Waals surface area contributed by atoms with Crippen LogP contribution in [0.4, 0.5) is 0 Å². The molecule has 1 aromatic heterocycles. The van der Waals surface area contributed by atoms with Crippen molar-refractivity contribution < 1.29 is 14.3 Å². The number of methoxy groups -OCH3 is 1. The first-order valence-corrected chi connectivity index (χ1v) is 10.7. The fraction of sp³-hybridized carbons (Fsp3) is 0.333. The molecular weight excluding hydrogens is 408 g/mol. The van der Waals surface area contributed by atoms with Crippen LogP contribution in [0.5, 0.6) is 11.5 Å². The molecule has 8 heteroatoms. The lowest BCUT2D eigenvalue weighted by Gasteiger charge is -2.11. The number of carbonyl (C=O) groups excluding carboxylic acids is 1. The van der Waals surface area contributed by atoms with Crippen molar-refractivity contribution in [1.29, 1.82) is 0 Å². The Labute approximate surface area is 186 Å². The first-order chi connectivity index (χ1) is 15.6. The molecule has 0 fully saturated rings. The molecule has 0 aliphatic rings. The normalized spacial score (nSPS) is 11.1. The maximum Gasteiger partial charge on any atom is 0.292 e. The third-order valence-electron chi connectivity index (χ3n) is 4.84. The standard InChI is InChI=1S/C24H28N4O4/c1-4-6-14-32-20-12-11-17(15-21(20)31-3)16-25-26-23(29)22-18-9-7-8-10-19(18)24(30)28(27-22)13-5-2/h7-12,15-16H,4-6,13-14H2,1-3H3,(H,26,29)/b25-16+. The number of hydrazone groups is 1. The number of rotatable bonds is 10. The highest BCUT2D eigenvalue weighted by Gasteiger charge is 2.16. The maximum absolute atomic E-state index is 12.8. The van der Waals surface area contributed by atoms with Gasteiger partial charge in [-0.15, -0.1) is 0 Å². The van der Waals surface area contributed by atoms with E-state index in [4.69, 9.17) is 9.47 Å². The molecular formula is C24H28N4O4. The molecule has 0 spiro atoms. The van der Waals surface area contributed by atoms with E-state index in [1.807, 2.05) is 19.1 Å². The van der Waals surface area contributed by atoms with Gasteiger partial charge in [0.1, 0.15) is 0 Å². The molecule has 0 bridgehead atoms. The molecule has 32 heavy (non-hydrogen) atoms. The second-order valence-corrected chi connectivity index (χ2v) is 7.23. The number of nitrogens with one attached hydrogen (secondary N) is 1. The number of benzene rings is 2.